The molecular formula is C19H19NO3. The molecule has 1 heterocycles. The van der Waals surface area contributed by atoms with Crippen molar-refractivity contribution in [1.29, 1.82) is 0 Å². The summed E-state index contributed by atoms with van der Waals surface area (Å²) in [6.07, 6.45) is 0. The van der Waals surface area contributed by atoms with E-state index < -0.39 is 0 Å². The number of rotatable bonds is 4. The van der Waals surface area contributed by atoms with Gasteiger partial charge in [-0.25, -0.2) is 4.79 Å². The van der Waals surface area contributed by atoms with Crippen LogP contribution in [-0.4, -0.2) is 24.7 Å². The summed E-state index contributed by atoms with van der Waals surface area (Å²) in [7, 11) is 1.83. The van der Waals surface area contributed by atoms with Gasteiger partial charge in [0.1, 0.15) is 11.6 Å². The average molecular weight is 309 g/mol. The first-order valence-corrected chi connectivity index (χ1v) is 7.64. The van der Waals surface area contributed by atoms with Crippen molar-refractivity contribution in [2.24, 2.45) is 0 Å². The van der Waals surface area contributed by atoms with Gasteiger partial charge in [-0.05, 0) is 12.5 Å². The SMILES string of the molecule is CCOC(=O)C1=C(c2ccccc2)ON(C)[C@@H]1c1ccccc1. The zero-order chi connectivity index (χ0) is 16.2. The van der Waals surface area contributed by atoms with Crippen LogP contribution in [0, 0.1) is 0 Å². The van der Waals surface area contributed by atoms with Crippen molar-refractivity contribution in [3.8, 4) is 0 Å². The summed E-state index contributed by atoms with van der Waals surface area (Å²) in [5, 5.41) is 1.70. The second kappa shape index (κ2) is 6.67. The van der Waals surface area contributed by atoms with Gasteiger partial charge in [0.05, 0.1) is 6.61 Å². The molecule has 0 unspecified atom stereocenters. The molecule has 0 fully saturated rings. The van der Waals surface area contributed by atoms with Crippen LogP contribution in [0.4, 0.5) is 0 Å². The molecule has 4 heteroatoms. The van der Waals surface area contributed by atoms with E-state index >= 15 is 0 Å². The summed E-state index contributed by atoms with van der Waals surface area (Å²) < 4.78 is 5.27. The zero-order valence-electron chi connectivity index (χ0n) is 13.2. The molecular weight excluding hydrogens is 290 g/mol. The Morgan fingerprint density at radius 3 is 2.30 bits per heavy atom. The number of esters is 1. The van der Waals surface area contributed by atoms with E-state index in [2.05, 4.69) is 0 Å². The van der Waals surface area contributed by atoms with Crippen LogP contribution >= 0.6 is 0 Å². The number of nitrogens with zero attached hydrogens (tertiary/aromatic N) is 1. The first kappa shape index (κ1) is 15.3. The standard InChI is InChI=1S/C19H19NO3/c1-3-22-19(21)16-17(14-10-6-4-7-11-14)20(2)23-18(16)15-12-8-5-9-13-15/h4-13,17H,3H2,1-2H3/t17-/m1/s1. The van der Waals surface area contributed by atoms with Gasteiger partial charge in [0.15, 0.2) is 5.76 Å². The Kier molecular flexibility index (Phi) is 4.44. The Morgan fingerprint density at radius 2 is 1.70 bits per heavy atom. The highest BCUT2D eigenvalue weighted by molar-refractivity contribution is 5.98. The van der Waals surface area contributed by atoms with E-state index in [0.29, 0.717) is 17.9 Å². The van der Waals surface area contributed by atoms with Gasteiger partial charge < -0.3 is 9.57 Å². The minimum atomic E-state index is -0.343. The molecule has 0 spiro atoms. The maximum absolute atomic E-state index is 12.6. The van der Waals surface area contributed by atoms with E-state index in [4.69, 9.17) is 9.57 Å². The molecule has 1 aliphatic heterocycles. The second-order valence-electron chi connectivity index (χ2n) is 5.28. The van der Waals surface area contributed by atoms with Crippen molar-refractivity contribution in [3.05, 3.63) is 77.4 Å². The van der Waals surface area contributed by atoms with E-state index in [1.165, 1.54) is 0 Å². The van der Waals surface area contributed by atoms with E-state index in [0.717, 1.165) is 11.1 Å². The highest BCUT2D eigenvalue weighted by Gasteiger charge is 2.39. The molecule has 4 nitrogen and oxygen atoms in total. The van der Waals surface area contributed by atoms with Crippen molar-refractivity contribution in [2.45, 2.75) is 13.0 Å². The molecule has 0 radical (unpaired) electrons. The first-order valence-electron chi connectivity index (χ1n) is 7.64. The van der Waals surface area contributed by atoms with Gasteiger partial charge in [0, 0.05) is 12.6 Å². The molecule has 2 aromatic rings. The fourth-order valence-electron chi connectivity index (χ4n) is 2.77. The minimum Gasteiger partial charge on any atom is -0.462 e. The van der Waals surface area contributed by atoms with Gasteiger partial charge in [-0.15, -0.1) is 5.06 Å². The molecule has 0 aromatic heterocycles. The Hall–Kier alpha value is -2.59. The summed E-state index contributed by atoms with van der Waals surface area (Å²) in [6.45, 7) is 2.13. The van der Waals surface area contributed by atoms with Gasteiger partial charge in [-0.3, -0.25) is 0 Å². The Morgan fingerprint density at radius 1 is 1.09 bits per heavy atom. The molecule has 1 aliphatic rings. The molecule has 118 valence electrons. The number of likely N-dealkylation sites (N-methyl/N-ethyl adjacent to an activating group) is 1. The first-order chi connectivity index (χ1) is 11.2. The van der Waals surface area contributed by atoms with E-state index in [-0.39, 0.29) is 12.0 Å². The third-order valence-electron chi connectivity index (χ3n) is 3.76. The largest absolute Gasteiger partial charge is 0.462 e. The average Bonchev–Trinajstić information content (AvgIpc) is 2.94. The second-order valence-corrected chi connectivity index (χ2v) is 5.28. The molecule has 0 bridgehead atoms. The van der Waals surface area contributed by atoms with Crippen LogP contribution in [0.2, 0.25) is 0 Å². The number of ether oxygens (including phenoxy) is 1. The highest BCUT2D eigenvalue weighted by Crippen LogP contribution is 2.41. The lowest BCUT2D eigenvalue weighted by atomic mass is 9.96. The van der Waals surface area contributed by atoms with Crippen molar-refractivity contribution >= 4 is 11.7 Å². The Balaban J connectivity index is 2.11. The van der Waals surface area contributed by atoms with Crippen molar-refractivity contribution in [1.82, 2.24) is 5.06 Å². The number of benzene rings is 2. The van der Waals surface area contributed by atoms with Crippen LogP contribution in [0.3, 0.4) is 0 Å². The zero-order valence-corrected chi connectivity index (χ0v) is 13.2. The lowest BCUT2D eigenvalue weighted by Gasteiger charge is -2.20. The Labute approximate surface area is 135 Å². The fourth-order valence-corrected chi connectivity index (χ4v) is 2.77. The van der Waals surface area contributed by atoms with E-state index in [9.17, 15) is 4.79 Å². The van der Waals surface area contributed by atoms with Crippen molar-refractivity contribution < 1.29 is 14.4 Å². The van der Waals surface area contributed by atoms with Crippen LogP contribution in [-0.2, 0) is 14.4 Å². The summed E-state index contributed by atoms with van der Waals surface area (Å²) in [5.74, 6) is 0.213. The quantitative estimate of drug-likeness (QED) is 0.809. The summed E-state index contributed by atoms with van der Waals surface area (Å²) >= 11 is 0. The number of carbonyl (C=O) groups excluding carboxylic acids is 1. The van der Waals surface area contributed by atoms with Gasteiger partial charge >= 0.3 is 5.97 Å². The summed E-state index contributed by atoms with van der Waals surface area (Å²) in [4.78, 5) is 18.5. The van der Waals surface area contributed by atoms with Crippen LogP contribution in [0.15, 0.2) is 66.2 Å². The maximum atomic E-state index is 12.6. The number of hydroxylamine groups is 2. The fraction of sp³-hybridized carbons (Fsp3) is 0.211. The normalized spacial score (nSPS) is 17.9. The topological polar surface area (TPSA) is 38.8 Å². The molecule has 0 N–H and O–H groups in total. The molecule has 0 saturated carbocycles. The number of hydrogen-bond donors (Lipinski definition) is 0. The summed E-state index contributed by atoms with van der Waals surface area (Å²) in [5.41, 5.74) is 2.39. The van der Waals surface area contributed by atoms with Crippen LogP contribution in [0.25, 0.3) is 5.76 Å². The smallest absolute Gasteiger partial charge is 0.340 e. The van der Waals surface area contributed by atoms with Gasteiger partial charge in [-0.1, -0.05) is 60.7 Å². The predicted octanol–water partition coefficient (Wildman–Crippen LogP) is 3.58. The monoisotopic (exact) mass is 309 g/mol. The molecule has 23 heavy (non-hydrogen) atoms. The van der Waals surface area contributed by atoms with Crippen LogP contribution in [0.1, 0.15) is 24.1 Å². The third-order valence-corrected chi connectivity index (χ3v) is 3.76. The van der Waals surface area contributed by atoms with Gasteiger partial charge in [0.2, 0.25) is 0 Å². The van der Waals surface area contributed by atoms with Gasteiger partial charge in [-0.2, -0.15) is 0 Å². The number of carbonyl (C=O) groups is 1. The van der Waals surface area contributed by atoms with E-state index in [1.807, 2.05) is 67.7 Å². The lowest BCUT2D eigenvalue weighted by Crippen LogP contribution is -2.22. The van der Waals surface area contributed by atoms with Crippen molar-refractivity contribution in [3.63, 3.8) is 0 Å². The van der Waals surface area contributed by atoms with Crippen molar-refractivity contribution in [2.75, 3.05) is 13.7 Å². The lowest BCUT2D eigenvalue weighted by molar-refractivity contribution is -0.139. The molecule has 0 aliphatic carbocycles. The summed E-state index contributed by atoms with van der Waals surface area (Å²) in [6, 6.07) is 19.2. The Bertz CT molecular complexity index is 710. The number of hydrogen-bond acceptors (Lipinski definition) is 4. The maximum Gasteiger partial charge on any atom is 0.340 e. The van der Waals surface area contributed by atoms with Gasteiger partial charge in [0.25, 0.3) is 0 Å². The molecule has 0 amide bonds. The molecule has 1 atom stereocenters. The minimum absolute atomic E-state index is 0.287. The molecule has 3 rings (SSSR count). The molecule has 2 aromatic carbocycles. The predicted molar refractivity (Wildman–Crippen MR) is 88.0 cm³/mol. The third kappa shape index (κ3) is 2.98. The van der Waals surface area contributed by atoms with Crippen LogP contribution < -0.4 is 0 Å². The highest BCUT2D eigenvalue weighted by atomic mass is 16.7. The molecule has 0 saturated heterocycles. The van der Waals surface area contributed by atoms with E-state index in [1.54, 1.807) is 12.0 Å². The van der Waals surface area contributed by atoms with Crippen LogP contribution in [0.5, 0.6) is 0 Å².